The number of aromatic nitrogens is 2. The van der Waals surface area contributed by atoms with Crippen molar-refractivity contribution in [3.05, 3.63) is 76.2 Å². The van der Waals surface area contributed by atoms with Crippen LogP contribution in [0.15, 0.2) is 42.5 Å². The number of thioether (sulfide) groups is 1. The van der Waals surface area contributed by atoms with Gasteiger partial charge in [0, 0.05) is 22.6 Å². The lowest BCUT2D eigenvalue weighted by molar-refractivity contribution is 0.102. The average Bonchev–Trinajstić information content (AvgIpc) is 3.21. The van der Waals surface area contributed by atoms with E-state index in [2.05, 4.69) is 25.2 Å². The van der Waals surface area contributed by atoms with Crippen LogP contribution in [0, 0.1) is 19.7 Å². The first-order chi connectivity index (χ1) is 12.5. The van der Waals surface area contributed by atoms with Crippen LogP contribution in [0.5, 0.6) is 0 Å². The molecule has 0 saturated heterocycles. The quantitative estimate of drug-likeness (QED) is 0.734. The fourth-order valence-electron chi connectivity index (χ4n) is 3.06. The Morgan fingerprint density at radius 2 is 1.92 bits per heavy atom. The van der Waals surface area contributed by atoms with Crippen LogP contribution in [0.3, 0.4) is 0 Å². The molecule has 0 spiro atoms. The summed E-state index contributed by atoms with van der Waals surface area (Å²) in [6.45, 7) is 4.11. The van der Waals surface area contributed by atoms with Crippen molar-refractivity contribution >= 4 is 23.5 Å². The van der Waals surface area contributed by atoms with Gasteiger partial charge >= 0.3 is 0 Å². The van der Waals surface area contributed by atoms with E-state index in [9.17, 15) is 9.18 Å². The van der Waals surface area contributed by atoms with Gasteiger partial charge in [-0.05, 0) is 55.3 Å². The Morgan fingerprint density at radius 3 is 2.69 bits per heavy atom. The third-order valence-corrected chi connectivity index (χ3v) is 5.66. The highest BCUT2D eigenvalue weighted by Crippen LogP contribution is 2.37. The first-order valence-electron chi connectivity index (χ1n) is 8.36. The summed E-state index contributed by atoms with van der Waals surface area (Å²) in [7, 11) is 0. The Hall–Kier alpha value is -2.60. The number of amides is 1. The second-order valence-electron chi connectivity index (χ2n) is 6.36. The molecular weight excluding hydrogens is 349 g/mol. The van der Waals surface area contributed by atoms with Gasteiger partial charge in [0.25, 0.3) is 5.91 Å². The van der Waals surface area contributed by atoms with Crippen molar-refractivity contribution in [2.75, 3.05) is 5.32 Å². The zero-order chi connectivity index (χ0) is 18.3. The maximum atomic E-state index is 13.1. The molecule has 4 nitrogen and oxygen atoms in total. The van der Waals surface area contributed by atoms with E-state index in [4.69, 9.17) is 5.10 Å². The van der Waals surface area contributed by atoms with Gasteiger partial charge in [-0.1, -0.05) is 12.1 Å². The standard InChI is InChI=1S/C20H18FN3OS/c1-12-4-3-5-18(13(12)2)24-19(16-10-26-11-17(16)23-24)22-20(25)14-6-8-15(21)9-7-14/h3-9H,10-11H2,1-2H3,(H,22,25). The smallest absolute Gasteiger partial charge is 0.256 e. The zero-order valence-electron chi connectivity index (χ0n) is 14.5. The first-order valence-corrected chi connectivity index (χ1v) is 9.52. The Morgan fingerprint density at radius 1 is 1.15 bits per heavy atom. The molecule has 1 aliphatic rings. The third kappa shape index (κ3) is 2.90. The molecule has 4 rings (SSSR count). The first kappa shape index (κ1) is 16.8. The molecular formula is C20H18FN3OS. The molecule has 1 amide bonds. The van der Waals surface area contributed by atoms with E-state index in [1.165, 1.54) is 29.8 Å². The molecule has 2 aromatic carbocycles. The third-order valence-electron chi connectivity index (χ3n) is 4.69. The molecule has 26 heavy (non-hydrogen) atoms. The summed E-state index contributed by atoms with van der Waals surface area (Å²) in [6, 6.07) is 11.6. The summed E-state index contributed by atoms with van der Waals surface area (Å²) in [5.74, 6) is 1.73. The Labute approximate surface area is 155 Å². The van der Waals surface area contributed by atoms with Gasteiger partial charge in [0.15, 0.2) is 0 Å². The van der Waals surface area contributed by atoms with Crippen molar-refractivity contribution in [1.29, 1.82) is 0 Å². The minimum atomic E-state index is -0.362. The summed E-state index contributed by atoms with van der Waals surface area (Å²) >= 11 is 1.78. The Balaban J connectivity index is 1.77. The lowest BCUT2D eigenvalue weighted by atomic mass is 10.1. The van der Waals surface area contributed by atoms with Crippen molar-refractivity contribution < 1.29 is 9.18 Å². The van der Waals surface area contributed by atoms with E-state index in [1.54, 1.807) is 11.8 Å². The summed E-state index contributed by atoms with van der Waals surface area (Å²) < 4.78 is 15.0. The van der Waals surface area contributed by atoms with Gasteiger partial charge in [-0.3, -0.25) is 4.79 Å². The lowest BCUT2D eigenvalue weighted by Gasteiger charge is -2.14. The van der Waals surface area contributed by atoms with Gasteiger partial charge in [0.05, 0.1) is 11.4 Å². The highest BCUT2D eigenvalue weighted by molar-refractivity contribution is 7.98. The van der Waals surface area contributed by atoms with Crippen molar-refractivity contribution in [2.45, 2.75) is 25.4 Å². The largest absolute Gasteiger partial charge is 0.306 e. The number of anilines is 1. The molecule has 0 saturated carbocycles. The summed E-state index contributed by atoms with van der Waals surface area (Å²) in [4.78, 5) is 12.7. The van der Waals surface area contributed by atoms with Gasteiger partial charge in [0.2, 0.25) is 0 Å². The highest BCUT2D eigenvalue weighted by Gasteiger charge is 2.25. The number of fused-ring (bicyclic) bond motifs is 1. The van der Waals surface area contributed by atoms with E-state index >= 15 is 0 Å². The predicted molar refractivity (Wildman–Crippen MR) is 102 cm³/mol. The molecule has 2 heterocycles. The number of hydrogen-bond donors (Lipinski definition) is 1. The van der Waals surface area contributed by atoms with Crippen LogP contribution in [0.4, 0.5) is 10.2 Å². The number of nitrogens with zero attached hydrogens (tertiary/aromatic N) is 2. The minimum absolute atomic E-state index is 0.267. The number of carbonyl (C=O) groups is 1. The summed E-state index contributed by atoms with van der Waals surface area (Å²) in [5, 5.41) is 7.74. The molecule has 3 aromatic rings. The molecule has 0 unspecified atom stereocenters. The molecule has 1 N–H and O–H groups in total. The van der Waals surface area contributed by atoms with E-state index in [-0.39, 0.29) is 11.7 Å². The van der Waals surface area contributed by atoms with Gasteiger partial charge in [-0.2, -0.15) is 16.9 Å². The van der Waals surface area contributed by atoms with Crippen LogP contribution in [0.25, 0.3) is 5.69 Å². The van der Waals surface area contributed by atoms with Crippen molar-refractivity contribution in [3.8, 4) is 5.69 Å². The molecule has 0 fully saturated rings. The molecule has 1 aromatic heterocycles. The molecule has 0 atom stereocenters. The zero-order valence-corrected chi connectivity index (χ0v) is 15.4. The number of benzene rings is 2. The predicted octanol–water partition coefficient (Wildman–Crippen LogP) is 4.63. The Kier molecular flexibility index (Phi) is 4.28. The van der Waals surface area contributed by atoms with Crippen LogP contribution < -0.4 is 5.32 Å². The van der Waals surface area contributed by atoms with Crippen molar-refractivity contribution in [2.24, 2.45) is 0 Å². The fourth-order valence-corrected chi connectivity index (χ4v) is 4.10. The molecule has 6 heteroatoms. The Bertz CT molecular complexity index is 995. The van der Waals surface area contributed by atoms with Crippen LogP contribution >= 0.6 is 11.8 Å². The summed E-state index contributed by atoms with van der Waals surface area (Å²) in [5.41, 5.74) is 5.73. The van der Waals surface area contributed by atoms with E-state index < -0.39 is 0 Å². The van der Waals surface area contributed by atoms with Crippen LogP contribution in [0.1, 0.15) is 32.7 Å². The van der Waals surface area contributed by atoms with E-state index in [0.29, 0.717) is 11.4 Å². The fraction of sp³-hybridized carbons (Fsp3) is 0.200. The molecule has 0 aliphatic carbocycles. The van der Waals surface area contributed by atoms with Crippen LogP contribution in [0.2, 0.25) is 0 Å². The van der Waals surface area contributed by atoms with Gasteiger partial charge in [-0.15, -0.1) is 0 Å². The SMILES string of the molecule is Cc1cccc(-n2nc3c(c2NC(=O)c2ccc(F)cc2)CSC3)c1C. The van der Waals surface area contributed by atoms with E-state index in [0.717, 1.165) is 34.0 Å². The normalized spacial score (nSPS) is 12.9. The van der Waals surface area contributed by atoms with Gasteiger partial charge in [-0.25, -0.2) is 9.07 Å². The lowest BCUT2D eigenvalue weighted by Crippen LogP contribution is -2.16. The second-order valence-corrected chi connectivity index (χ2v) is 7.34. The number of carbonyl (C=O) groups excluding carboxylic acids is 1. The van der Waals surface area contributed by atoms with Crippen molar-refractivity contribution in [1.82, 2.24) is 9.78 Å². The average molecular weight is 367 g/mol. The molecule has 0 bridgehead atoms. The highest BCUT2D eigenvalue weighted by atomic mass is 32.2. The maximum absolute atomic E-state index is 13.1. The van der Waals surface area contributed by atoms with Gasteiger partial charge < -0.3 is 5.32 Å². The number of aryl methyl sites for hydroxylation is 1. The second kappa shape index (κ2) is 6.61. The number of nitrogens with one attached hydrogen (secondary N) is 1. The monoisotopic (exact) mass is 367 g/mol. The van der Waals surface area contributed by atoms with Gasteiger partial charge in [0.1, 0.15) is 11.6 Å². The molecule has 0 radical (unpaired) electrons. The van der Waals surface area contributed by atoms with Crippen LogP contribution in [-0.2, 0) is 11.5 Å². The summed E-state index contributed by atoms with van der Waals surface area (Å²) in [6.07, 6.45) is 0. The minimum Gasteiger partial charge on any atom is -0.306 e. The van der Waals surface area contributed by atoms with Crippen LogP contribution in [-0.4, -0.2) is 15.7 Å². The van der Waals surface area contributed by atoms with Crippen molar-refractivity contribution in [3.63, 3.8) is 0 Å². The number of halogens is 1. The van der Waals surface area contributed by atoms with E-state index in [1.807, 2.05) is 16.8 Å². The maximum Gasteiger partial charge on any atom is 0.256 e. The number of rotatable bonds is 3. The molecule has 1 aliphatic heterocycles. The number of hydrogen-bond acceptors (Lipinski definition) is 3. The molecule has 132 valence electrons. The topological polar surface area (TPSA) is 46.9 Å².